The molecule has 0 radical (unpaired) electrons. The molecule has 0 aliphatic carbocycles. The van der Waals surface area contributed by atoms with Gasteiger partial charge in [0, 0.05) is 18.6 Å². The number of benzene rings is 2. The Labute approximate surface area is 215 Å². The van der Waals surface area contributed by atoms with E-state index in [9.17, 15) is 31.1 Å². The summed E-state index contributed by atoms with van der Waals surface area (Å²) in [5.74, 6) is -0.0236. The minimum absolute atomic E-state index is 0.0538. The van der Waals surface area contributed by atoms with Crippen LogP contribution in [0.5, 0.6) is 5.75 Å². The molecule has 1 unspecified atom stereocenters. The van der Waals surface area contributed by atoms with Crippen LogP contribution in [0.3, 0.4) is 0 Å². The van der Waals surface area contributed by atoms with Crippen LogP contribution in [-0.4, -0.2) is 65.1 Å². The molecule has 1 fully saturated rings. The molecule has 0 bridgehead atoms. The second-order valence-corrected chi connectivity index (χ2v) is 9.12. The van der Waals surface area contributed by atoms with Crippen molar-refractivity contribution in [3.8, 4) is 5.75 Å². The van der Waals surface area contributed by atoms with Crippen molar-refractivity contribution in [3.63, 3.8) is 0 Å². The summed E-state index contributed by atoms with van der Waals surface area (Å²) < 4.78 is 90.8. The van der Waals surface area contributed by atoms with Gasteiger partial charge in [-0.05, 0) is 55.7 Å². The largest absolute Gasteiger partial charge is 0.494 e. The van der Waals surface area contributed by atoms with Gasteiger partial charge in [-0.25, -0.2) is 4.98 Å². The maximum atomic E-state index is 12.9. The molecule has 1 aliphatic heterocycles. The summed E-state index contributed by atoms with van der Waals surface area (Å²) in [7, 11) is 0. The van der Waals surface area contributed by atoms with Crippen molar-refractivity contribution in [2.45, 2.75) is 51.2 Å². The first-order chi connectivity index (χ1) is 17.9. The topological polar surface area (TPSA) is 56.6 Å². The van der Waals surface area contributed by atoms with Gasteiger partial charge in [0.1, 0.15) is 24.7 Å². The van der Waals surface area contributed by atoms with Crippen molar-refractivity contribution in [2.24, 2.45) is 0 Å². The van der Waals surface area contributed by atoms with Crippen LogP contribution in [-0.2, 0) is 17.7 Å². The molecule has 0 N–H and O–H groups in total. The van der Waals surface area contributed by atoms with Crippen LogP contribution in [0.2, 0.25) is 0 Å². The third-order valence-electron chi connectivity index (χ3n) is 6.11. The molecule has 1 atom stereocenters. The average Bonchev–Trinajstić information content (AvgIpc) is 3.46. The third kappa shape index (κ3) is 7.18. The van der Waals surface area contributed by atoms with Gasteiger partial charge in [-0.2, -0.15) is 26.3 Å². The van der Waals surface area contributed by atoms with E-state index >= 15 is 0 Å². The number of fused-ring (bicyclic) bond motifs is 1. The van der Waals surface area contributed by atoms with Crippen molar-refractivity contribution in [3.05, 3.63) is 59.4 Å². The van der Waals surface area contributed by atoms with Gasteiger partial charge in [-0.3, -0.25) is 4.79 Å². The zero-order chi connectivity index (χ0) is 27.5. The van der Waals surface area contributed by atoms with E-state index in [-0.39, 0.29) is 16.6 Å². The number of ether oxygens (including phenoxy) is 2. The Morgan fingerprint density at radius 3 is 2.34 bits per heavy atom. The lowest BCUT2D eigenvalue weighted by molar-refractivity contribution is -0.171. The van der Waals surface area contributed by atoms with Gasteiger partial charge >= 0.3 is 12.4 Å². The fraction of sp³-hybridized carbons (Fsp3) is 0.462. The molecule has 38 heavy (non-hydrogen) atoms. The number of amides is 1. The number of imidazole rings is 1. The molecule has 1 aromatic heterocycles. The Kier molecular flexibility index (Phi) is 8.19. The van der Waals surface area contributed by atoms with Crippen molar-refractivity contribution in [1.29, 1.82) is 0 Å². The lowest BCUT2D eigenvalue weighted by atomic mass is 10.1. The van der Waals surface area contributed by atoms with E-state index in [2.05, 4.69) is 4.98 Å². The van der Waals surface area contributed by atoms with Gasteiger partial charge in [-0.15, -0.1) is 0 Å². The van der Waals surface area contributed by atoms with Crippen LogP contribution >= 0.6 is 0 Å². The van der Waals surface area contributed by atoms with E-state index in [1.165, 1.54) is 18.2 Å². The van der Waals surface area contributed by atoms with Crippen LogP contribution in [0, 0.1) is 0 Å². The number of hydrogen-bond acceptors (Lipinski definition) is 4. The zero-order valence-corrected chi connectivity index (χ0v) is 20.6. The monoisotopic (exact) mass is 543 g/mol. The first-order valence-corrected chi connectivity index (χ1v) is 12.2. The summed E-state index contributed by atoms with van der Waals surface area (Å²) >= 11 is 0. The summed E-state index contributed by atoms with van der Waals surface area (Å²) in [5, 5.41) is 0. The lowest BCUT2D eigenvalue weighted by Crippen LogP contribution is -2.44. The van der Waals surface area contributed by atoms with Crippen LogP contribution in [0.15, 0.2) is 42.5 Å². The Morgan fingerprint density at radius 1 is 1.08 bits per heavy atom. The van der Waals surface area contributed by atoms with E-state index < -0.39 is 31.3 Å². The summed E-state index contributed by atoms with van der Waals surface area (Å²) in [5.41, 5.74) is 1.53. The molecule has 2 aromatic carbocycles. The average molecular weight is 544 g/mol. The lowest BCUT2D eigenvalue weighted by Gasteiger charge is -2.25. The van der Waals surface area contributed by atoms with Gasteiger partial charge in [0.25, 0.3) is 5.91 Å². The number of rotatable bonds is 9. The number of halogens is 6. The fourth-order valence-electron chi connectivity index (χ4n) is 4.51. The van der Waals surface area contributed by atoms with Crippen molar-refractivity contribution in [2.75, 3.05) is 26.3 Å². The number of carbonyl (C=O) groups is 1. The van der Waals surface area contributed by atoms with E-state index in [4.69, 9.17) is 9.47 Å². The Morgan fingerprint density at radius 2 is 1.76 bits per heavy atom. The highest BCUT2D eigenvalue weighted by atomic mass is 19.4. The molecule has 1 amide bonds. The van der Waals surface area contributed by atoms with Crippen molar-refractivity contribution < 1.29 is 40.6 Å². The van der Waals surface area contributed by atoms with Crippen LogP contribution in [0.4, 0.5) is 26.3 Å². The molecular formula is C26H27F6N3O3. The molecule has 12 heteroatoms. The molecular weight excluding hydrogens is 516 g/mol. The number of hydrogen-bond donors (Lipinski definition) is 0. The van der Waals surface area contributed by atoms with Crippen molar-refractivity contribution in [1.82, 2.24) is 14.5 Å². The standard InChI is InChI=1S/C26H27F6N3O3/c1-2-37-19-8-5-17(6-9-19)12-23-33-21-13-18(7-10-22(21)35(23)14-20-4-3-11-38-20)24(36)34(15-25(27,28)29)16-26(30,31)32/h5-10,13,20H,2-4,11-12,14-16H2,1H3. The predicted molar refractivity (Wildman–Crippen MR) is 127 cm³/mol. The molecule has 0 spiro atoms. The summed E-state index contributed by atoms with van der Waals surface area (Å²) in [4.78, 5) is 17.1. The molecule has 1 aliphatic rings. The van der Waals surface area contributed by atoms with Crippen molar-refractivity contribution >= 4 is 16.9 Å². The van der Waals surface area contributed by atoms with Gasteiger partial charge in [0.2, 0.25) is 0 Å². The molecule has 206 valence electrons. The molecule has 6 nitrogen and oxygen atoms in total. The Hall–Kier alpha value is -3.28. The Balaban J connectivity index is 1.67. The molecule has 1 saturated heterocycles. The molecule has 3 aromatic rings. The van der Waals surface area contributed by atoms with Gasteiger partial charge in [0.15, 0.2) is 0 Å². The fourth-order valence-corrected chi connectivity index (χ4v) is 4.51. The van der Waals surface area contributed by atoms with Crippen LogP contribution in [0.25, 0.3) is 11.0 Å². The zero-order valence-electron chi connectivity index (χ0n) is 20.6. The SMILES string of the molecule is CCOc1ccc(Cc2nc3cc(C(=O)N(CC(F)(F)F)CC(F)(F)F)ccc3n2CC2CCCO2)cc1. The smallest absolute Gasteiger partial charge is 0.406 e. The third-order valence-corrected chi connectivity index (χ3v) is 6.11. The Bertz CT molecular complexity index is 1230. The maximum Gasteiger partial charge on any atom is 0.406 e. The van der Waals surface area contributed by atoms with E-state index in [1.54, 1.807) is 0 Å². The number of nitrogens with zero attached hydrogens (tertiary/aromatic N) is 3. The second kappa shape index (κ2) is 11.2. The summed E-state index contributed by atoms with van der Waals surface area (Å²) in [6, 6.07) is 11.4. The summed E-state index contributed by atoms with van der Waals surface area (Å²) in [6.45, 7) is -0.505. The quantitative estimate of drug-likeness (QED) is 0.322. The minimum Gasteiger partial charge on any atom is -0.494 e. The highest BCUT2D eigenvalue weighted by Crippen LogP contribution is 2.27. The van der Waals surface area contributed by atoms with Crippen LogP contribution in [0.1, 0.15) is 41.5 Å². The first kappa shape index (κ1) is 27.7. The van der Waals surface area contributed by atoms with Gasteiger partial charge in [0.05, 0.1) is 30.3 Å². The highest BCUT2D eigenvalue weighted by molar-refractivity contribution is 5.97. The van der Waals surface area contributed by atoms with Gasteiger partial charge < -0.3 is 18.9 Å². The van der Waals surface area contributed by atoms with E-state index in [0.29, 0.717) is 43.0 Å². The normalized spacial score (nSPS) is 16.2. The summed E-state index contributed by atoms with van der Waals surface area (Å²) in [6.07, 6.45) is -7.86. The maximum absolute atomic E-state index is 12.9. The van der Waals surface area contributed by atoms with E-state index in [0.717, 1.165) is 24.2 Å². The number of aromatic nitrogens is 2. The van der Waals surface area contributed by atoms with Crippen LogP contribution < -0.4 is 4.74 Å². The predicted octanol–water partition coefficient (Wildman–Crippen LogP) is 5.77. The number of alkyl halides is 6. The second-order valence-electron chi connectivity index (χ2n) is 9.12. The molecule has 0 saturated carbocycles. The molecule has 2 heterocycles. The molecule has 4 rings (SSSR count). The highest BCUT2D eigenvalue weighted by Gasteiger charge is 2.40. The first-order valence-electron chi connectivity index (χ1n) is 12.2. The number of carbonyl (C=O) groups excluding carboxylic acids is 1. The van der Waals surface area contributed by atoms with Gasteiger partial charge in [-0.1, -0.05) is 12.1 Å². The van der Waals surface area contributed by atoms with E-state index in [1.807, 2.05) is 35.8 Å². The minimum atomic E-state index is -4.99.